The van der Waals surface area contributed by atoms with Crippen molar-refractivity contribution in [3.8, 4) is 0 Å². The Kier molecular flexibility index (Phi) is 3.82. The monoisotopic (exact) mass is 294 g/mol. The van der Waals surface area contributed by atoms with Gasteiger partial charge in [0.25, 0.3) is 0 Å². The Morgan fingerprint density at radius 1 is 1.35 bits per heavy atom. The number of aryl methyl sites for hydroxylation is 2. The van der Waals surface area contributed by atoms with Crippen LogP contribution in [0.25, 0.3) is 0 Å². The molecule has 108 valence electrons. The minimum absolute atomic E-state index is 0.119. The van der Waals surface area contributed by atoms with Gasteiger partial charge in [-0.05, 0) is 43.2 Å². The van der Waals surface area contributed by atoms with Crippen LogP contribution in [0.1, 0.15) is 16.8 Å². The topological polar surface area (TPSA) is 90.0 Å². The minimum atomic E-state index is -3.70. The highest BCUT2D eigenvalue weighted by molar-refractivity contribution is 7.89. The molecule has 0 atom stereocenters. The number of nitrogens with zero attached hydrogens (tertiary/aromatic N) is 2. The van der Waals surface area contributed by atoms with E-state index in [0.717, 1.165) is 22.5 Å². The standard InChI is InChI=1S/C13H18N4O2S/c1-9-6-12(20(14,18)19)7-13(10(9)2)15-8-11-4-5-16-17(11)3/h4-7,15H,8H2,1-3H3,(H2,14,18,19). The smallest absolute Gasteiger partial charge is 0.238 e. The van der Waals surface area contributed by atoms with Crippen molar-refractivity contribution in [3.63, 3.8) is 0 Å². The van der Waals surface area contributed by atoms with E-state index in [2.05, 4.69) is 10.4 Å². The van der Waals surface area contributed by atoms with Gasteiger partial charge >= 0.3 is 0 Å². The molecule has 6 nitrogen and oxygen atoms in total. The fourth-order valence-electron chi connectivity index (χ4n) is 1.93. The number of hydrogen-bond acceptors (Lipinski definition) is 4. The van der Waals surface area contributed by atoms with Gasteiger partial charge in [-0.2, -0.15) is 5.10 Å². The first-order chi connectivity index (χ1) is 9.29. The Bertz CT molecular complexity index is 735. The summed E-state index contributed by atoms with van der Waals surface area (Å²) in [5.74, 6) is 0. The van der Waals surface area contributed by atoms with Gasteiger partial charge in [-0.3, -0.25) is 4.68 Å². The molecule has 2 rings (SSSR count). The summed E-state index contributed by atoms with van der Waals surface area (Å²) in [5, 5.41) is 12.5. The van der Waals surface area contributed by atoms with Crippen molar-refractivity contribution in [2.24, 2.45) is 12.2 Å². The number of aromatic nitrogens is 2. The van der Waals surface area contributed by atoms with E-state index >= 15 is 0 Å². The molecule has 0 aliphatic rings. The average Bonchev–Trinajstić information content (AvgIpc) is 2.75. The highest BCUT2D eigenvalue weighted by Crippen LogP contribution is 2.24. The van der Waals surface area contributed by atoms with E-state index in [-0.39, 0.29) is 4.90 Å². The van der Waals surface area contributed by atoms with E-state index in [9.17, 15) is 8.42 Å². The van der Waals surface area contributed by atoms with Crippen LogP contribution >= 0.6 is 0 Å². The van der Waals surface area contributed by atoms with Gasteiger partial charge in [0.05, 0.1) is 17.1 Å². The molecule has 1 aromatic heterocycles. The van der Waals surface area contributed by atoms with Gasteiger partial charge in [0.1, 0.15) is 0 Å². The summed E-state index contributed by atoms with van der Waals surface area (Å²) < 4.78 is 24.7. The van der Waals surface area contributed by atoms with E-state index in [1.165, 1.54) is 0 Å². The van der Waals surface area contributed by atoms with Crippen molar-refractivity contribution >= 4 is 15.7 Å². The number of hydrogen-bond donors (Lipinski definition) is 2. The van der Waals surface area contributed by atoms with Crippen molar-refractivity contribution in [1.82, 2.24) is 9.78 Å². The Morgan fingerprint density at radius 2 is 2.05 bits per heavy atom. The SMILES string of the molecule is Cc1cc(S(N)(=O)=O)cc(NCc2ccnn2C)c1C. The van der Waals surface area contributed by atoms with Crippen LogP contribution in [0.15, 0.2) is 29.3 Å². The predicted molar refractivity (Wildman–Crippen MR) is 77.8 cm³/mol. The van der Waals surface area contributed by atoms with E-state index in [1.807, 2.05) is 27.0 Å². The van der Waals surface area contributed by atoms with Crippen LogP contribution in [-0.2, 0) is 23.6 Å². The molecule has 0 bridgehead atoms. The van der Waals surface area contributed by atoms with Crippen LogP contribution in [0, 0.1) is 13.8 Å². The number of primary sulfonamides is 1. The molecule has 0 unspecified atom stereocenters. The molecule has 7 heteroatoms. The van der Waals surface area contributed by atoms with Crippen LogP contribution in [0.3, 0.4) is 0 Å². The van der Waals surface area contributed by atoms with Gasteiger partial charge in [-0.25, -0.2) is 13.6 Å². The maximum Gasteiger partial charge on any atom is 0.238 e. The van der Waals surface area contributed by atoms with Crippen molar-refractivity contribution in [1.29, 1.82) is 0 Å². The molecule has 0 spiro atoms. The second-order valence-electron chi connectivity index (χ2n) is 4.76. The average molecular weight is 294 g/mol. The van der Waals surface area contributed by atoms with Crippen molar-refractivity contribution < 1.29 is 8.42 Å². The Balaban J connectivity index is 2.32. The summed E-state index contributed by atoms with van der Waals surface area (Å²) in [5.41, 5.74) is 3.64. The molecule has 0 aliphatic carbocycles. The number of sulfonamides is 1. The molecule has 20 heavy (non-hydrogen) atoms. The number of benzene rings is 1. The summed E-state index contributed by atoms with van der Waals surface area (Å²) in [4.78, 5) is 0.119. The molecule has 1 heterocycles. The first-order valence-corrected chi connectivity index (χ1v) is 7.68. The number of rotatable bonds is 4. The van der Waals surface area contributed by atoms with Gasteiger partial charge < -0.3 is 5.32 Å². The third-order valence-corrected chi connectivity index (χ3v) is 4.24. The van der Waals surface area contributed by atoms with Crippen molar-refractivity contribution in [2.45, 2.75) is 25.3 Å². The van der Waals surface area contributed by atoms with Gasteiger partial charge in [-0.1, -0.05) is 0 Å². The van der Waals surface area contributed by atoms with Crippen molar-refractivity contribution in [2.75, 3.05) is 5.32 Å². The molecule has 3 N–H and O–H groups in total. The van der Waals surface area contributed by atoms with Crippen molar-refractivity contribution in [3.05, 3.63) is 41.2 Å². The summed E-state index contributed by atoms with van der Waals surface area (Å²) >= 11 is 0. The minimum Gasteiger partial charge on any atom is -0.379 e. The molecule has 0 radical (unpaired) electrons. The lowest BCUT2D eigenvalue weighted by Gasteiger charge is -2.13. The zero-order chi connectivity index (χ0) is 14.9. The second kappa shape index (κ2) is 5.26. The van der Waals surface area contributed by atoms with Crippen LogP contribution in [0.5, 0.6) is 0 Å². The number of anilines is 1. The highest BCUT2D eigenvalue weighted by atomic mass is 32.2. The highest BCUT2D eigenvalue weighted by Gasteiger charge is 2.12. The molecule has 0 saturated carbocycles. The Morgan fingerprint density at radius 3 is 2.60 bits per heavy atom. The lowest BCUT2D eigenvalue weighted by Crippen LogP contribution is -2.14. The zero-order valence-corrected chi connectivity index (χ0v) is 12.5. The van der Waals surface area contributed by atoms with Crippen LogP contribution in [0.4, 0.5) is 5.69 Å². The second-order valence-corrected chi connectivity index (χ2v) is 6.32. The van der Waals surface area contributed by atoms with Gasteiger partial charge in [0.2, 0.25) is 10.0 Å². The summed E-state index contributed by atoms with van der Waals surface area (Å²) in [6.07, 6.45) is 1.72. The summed E-state index contributed by atoms with van der Waals surface area (Å²) in [6.45, 7) is 4.36. The first-order valence-electron chi connectivity index (χ1n) is 6.14. The largest absolute Gasteiger partial charge is 0.379 e. The lowest BCUT2D eigenvalue weighted by molar-refractivity contribution is 0.597. The Hall–Kier alpha value is -1.86. The molecule has 1 aromatic carbocycles. The van der Waals surface area contributed by atoms with Gasteiger partial charge in [-0.15, -0.1) is 0 Å². The van der Waals surface area contributed by atoms with Gasteiger partial charge in [0.15, 0.2) is 0 Å². The maximum absolute atomic E-state index is 11.5. The maximum atomic E-state index is 11.5. The fourth-order valence-corrected chi connectivity index (χ4v) is 2.56. The molecular formula is C13H18N4O2S. The quantitative estimate of drug-likeness (QED) is 0.889. The molecule has 2 aromatic rings. The molecule has 0 aliphatic heterocycles. The first kappa shape index (κ1) is 14.5. The van der Waals surface area contributed by atoms with Gasteiger partial charge in [0, 0.05) is 18.9 Å². The van der Waals surface area contributed by atoms with E-state index in [1.54, 1.807) is 23.0 Å². The normalized spacial score (nSPS) is 11.6. The van der Waals surface area contributed by atoms with Crippen LogP contribution in [-0.4, -0.2) is 18.2 Å². The van der Waals surface area contributed by atoms with E-state index < -0.39 is 10.0 Å². The molecule has 0 amide bonds. The van der Waals surface area contributed by atoms with E-state index in [4.69, 9.17) is 5.14 Å². The summed E-state index contributed by atoms with van der Waals surface area (Å²) in [7, 11) is -1.85. The predicted octanol–water partition coefficient (Wildman–Crippen LogP) is 1.30. The van der Waals surface area contributed by atoms with Crippen LogP contribution < -0.4 is 10.5 Å². The third kappa shape index (κ3) is 3.00. The number of nitrogens with one attached hydrogen (secondary N) is 1. The van der Waals surface area contributed by atoms with E-state index in [0.29, 0.717) is 6.54 Å². The summed E-state index contributed by atoms with van der Waals surface area (Å²) in [6, 6.07) is 5.05. The lowest BCUT2D eigenvalue weighted by atomic mass is 10.1. The Labute approximate surface area is 118 Å². The molecule has 0 saturated heterocycles. The number of nitrogens with two attached hydrogens (primary N) is 1. The third-order valence-electron chi connectivity index (χ3n) is 3.35. The molecule has 0 fully saturated rings. The van der Waals surface area contributed by atoms with Crippen LogP contribution in [0.2, 0.25) is 0 Å². The fraction of sp³-hybridized carbons (Fsp3) is 0.308. The zero-order valence-electron chi connectivity index (χ0n) is 11.7. The molecular weight excluding hydrogens is 276 g/mol.